The molecule has 1 aliphatic carbocycles. The van der Waals surface area contributed by atoms with Crippen LogP contribution in [0.25, 0.3) is 0 Å². The summed E-state index contributed by atoms with van der Waals surface area (Å²) in [4.78, 5) is 23.3. The van der Waals surface area contributed by atoms with Crippen LogP contribution >= 0.6 is 0 Å². The smallest absolute Gasteiger partial charge is 0.309 e. The molecule has 0 aromatic rings. The van der Waals surface area contributed by atoms with E-state index in [4.69, 9.17) is 19.7 Å². The van der Waals surface area contributed by atoms with E-state index in [1.807, 2.05) is 12.2 Å². The molecular weight excluding hydrogens is 312 g/mol. The van der Waals surface area contributed by atoms with E-state index in [9.17, 15) is 9.59 Å². The monoisotopic (exact) mass is 340 g/mol. The van der Waals surface area contributed by atoms with Gasteiger partial charge in [-0.05, 0) is 23.7 Å². The van der Waals surface area contributed by atoms with Crippen molar-refractivity contribution in [2.24, 2.45) is 23.7 Å². The first-order valence-electron chi connectivity index (χ1n) is 8.37. The normalized spacial score (nSPS) is 26.5. The molecule has 0 saturated carbocycles. The van der Waals surface area contributed by atoms with Crippen molar-refractivity contribution in [1.82, 2.24) is 0 Å². The number of carbonyl (C=O) groups is 2. The molecule has 0 fully saturated rings. The number of esters is 2. The molecule has 0 amide bonds. The van der Waals surface area contributed by atoms with Crippen LogP contribution in [0.2, 0.25) is 0 Å². The van der Waals surface area contributed by atoms with Gasteiger partial charge in [0.15, 0.2) is 0 Å². The predicted molar refractivity (Wildman–Crippen MR) is 88.9 cm³/mol. The fourth-order valence-corrected chi connectivity index (χ4v) is 2.83. The van der Waals surface area contributed by atoms with Gasteiger partial charge in [-0.2, -0.15) is 0 Å². The van der Waals surface area contributed by atoms with Crippen LogP contribution in [0.1, 0.15) is 26.7 Å². The molecular formula is C18H28O6. The Bertz CT molecular complexity index is 456. The third-order valence-corrected chi connectivity index (χ3v) is 4.35. The van der Waals surface area contributed by atoms with Gasteiger partial charge in [-0.3, -0.25) is 9.59 Å². The molecule has 1 rings (SSSR count). The van der Waals surface area contributed by atoms with Crippen molar-refractivity contribution in [2.75, 3.05) is 26.4 Å². The molecule has 0 aromatic carbocycles. The lowest BCUT2D eigenvalue weighted by atomic mass is 9.71. The average molecular weight is 340 g/mol. The summed E-state index contributed by atoms with van der Waals surface area (Å²) in [6.07, 6.45) is 8.26. The molecule has 0 spiro atoms. The molecule has 0 aliphatic heterocycles. The molecule has 6 nitrogen and oxygen atoms in total. The Kier molecular flexibility index (Phi) is 9.34. The van der Waals surface area contributed by atoms with Gasteiger partial charge < -0.3 is 19.7 Å². The minimum Gasteiger partial charge on any atom is -0.463 e. The van der Waals surface area contributed by atoms with Crippen molar-refractivity contribution >= 4 is 11.9 Å². The van der Waals surface area contributed by atoms with Crippen LogP contribution in [-0.2, 0) is 19.1 Å². The molecule has 0 saturated heterocycles. The Morgan fingerprint density at radius 3 is 2.29 bits per heavy atom. The first kappa shape index (κ1) is 20.4. The molecule has 6 heteroatoms. The Morgan fingerprint density at radius 2 is 1.67 bits per heavy atom. The molecule has 4 atom stereocenters. The molecule has 24 heavy (non-hydrogen) atoms. The van der Waals surface area contributed by atoms with Crippen molar-refractivity contribution in [3.63, 3.8) is 0 Å². The largest absolute Gasteiger partial charge is 0.463 e. The highest BCUT2D eigenvalue weighted by Crippen LogP contribution is 2.36. The van der Waals surface area contributed by atoms with Gasteiger partial charge in [-0.25, -0.2) is 0 Å². The molecule has 136 valence electrons. The first-order valence-corrected chi connectivity index (χ1v) is 8.37. The van der Waals surface area contributed by atoms with E-state index in [1.54, 1.807) is 6.08 Å². The van der Waals surface area contributed by atoms with E-state index in [0.29, 0.717) is 11.8 Å². The van der Waals surface area contributed by atoms with Crippen LogP contribution in [0.4, 0.5) is 0 Å². The number of ether oxygens (including phenoxy) is 2. The van der Waals surface area contributed by atoms with Crippen LogP contribution in [0.3, 0.4) is 0 Å². The maximum atomic E-state index is 11.8. The molecule has 0 bridgehead atoms. The summed E-state index contributed by atoms with van der Waals surface area (Å²) in [5, 5.41) is 17.3. The predicted octanol–water partition coefficient (Wildman–Crippen LogP) is 1.47. The average Bonchev–Trinajstić information content (AvgIpc) is 2.57. The van der Waals surface area contributed by atoms with Crippen molar-refractivity contribution in [3.05, 3.63) is 24.3 Å². The second-order valence-corrected chi connectivity index (χ2v) is 6.07. The summed E-state index contributed by atoms with van der Waals surface area (Å²) < 4.78 is 9.76. The number of aliphatic hydroxyl groups is 2. The van der Waals surface area contributed by atoms with Gasteiger partial charge >= 0.3 is 11.9 Å². The third kappa shape index (κ3) is 6.84. The van der Waals surface area contributed by atoms with Gasteiger partial charge in [-0.15, -0.1) is 0 Å². The van der Waals surface area contributed by atoms with E-state index in [2.05, 4.69) is 19.9 Å². The second kappa shape index (κ2) is 11.0. The third-order valence-electron chi connectivity index (χ3n) is 4.35. The topological polar surface area (TPSA) is 93.1 Å². The van der Waals surface area contributed by atoms with Crippen LogP contribution in [-0.4, -0.2) is 48.6 Å². The molecule has 0 radical (unpaired) electrons. The minimum atomic E-state index is -0.383. The number of hydrogen-bond acceptors (Lipinski definition) is 6. The summed E-state index contributed by atoms with van der Waals surface area (Å²) >= 11 is 0. The molecule has 0 aromatic heterocycles. The fourth-order valence-electron chi connectivity index (χ4n) is 2.83. The van der Waals surface area contributed by atoms with Gasteiger partial charge in [0.05, 0.1) is 26.1 Å². The summed E-state index contributed by atoms with van der Waals surface area (Å²) in [5.41, 5.74) is 0. The zero-order valence-electron chi connectivity index (χ0n) is 14.4. The van der Waals surface area contributed by atoms with E-state index >= 15 is 0 Å². The Balaban J connectivity index is 2.65. The van der Waals surface area contributed by atoms with E-state index in [0.717, 1.165) is 0 Å². The highest BCUT2D eigenvalue weighted by Gasteiger charge is 2.31. The van der Waals surface area contributed by atoms with E-state index < -0.39 is 0 Å². The Hall–Kier alpha value is -1.66. The lowest BCUT2D eigenvalue weighted by Gasteiger charge is -2.34. The zero-order valence-corrected chi connectivity index (χ0v) is 14.4. The van der Waals surface area contributed by atoms with Gasteiger partial charge in [0.1, 0.15) is 13.2 Å². The fraction of sp³-hybridized carbons (Fsp3) is 0.667. The maximum Gasteiger partial charge on any atom is 0.309 e. The van der Waals surface area contributed by atoms with Crippen LogP contribution < -0.4 is 0 Å². The van der Waals surface area contributed by atoms with Crippen LogP contribution in [0.5, 0.6) is 0 Å². The van der Waals surface area contributed by atoms with E-state index in [1.165, 1.54) is 0 Å². The summed E-state index contributed by atoms with van der Waals surface area (Å²) in [7, 11) is 0. The zero-order chi connectivity index (χ0) is 17.9. The molecule has 1 aliphatic rings. The maximum absolute atomic E-state index is 11.8. The van der Waals surface area contributed by atoms with Crippen molar-refractivity contribution in [1.29, 1.82) is 0 Å². The van der Waals surface area contributed by atoms with Crippen LogP contribution in [0.15, 0.2) is 24.3 Å². The Labute approximate surface area is 143 Å². The summed E-state index contributed by atoms with van der Waals surface area (Å²) in [6, 6.07) is 0. The van der Waals surface area contributed by atoms with Gasteiger partial charge in [0, 0.05) is 0 Å². The van der Waals surface area contributed by atoms with Crippen LogP contribution in [0, 0.1) is 23.7 Å². The second-order valence-electron chi connectivity index (χ2n) is 6.07. The van der Waals surface area contributed by atoms with Gasteiger partial charge in [0.2, 0.25) is 0 Å². The lowest BCUT2D eigenvalue weighted by molar-refractivity contribution is -0.146. The van der Waals surface area contributed by atoms with Gasteiger partial charge in [-0.1, -0.05) is 38.2 Å². The minimum absolute atomic E-state index is 0.00555. The van der Waals surface area contributed by atoms with Crippen molar-refractivity contribution in [2.45, 2.75) is 26.7 Å². The highest BCUT2D eigenvalue weighted by molar-refractivity contribution is 5.71. The number of hydrogen-bond donors (Lipinski definition) is 2. The molecule has 0 heterocycles. The first-order chi connectivity index (χ1) is 11.5. The van der Waals surface area contributed by atoms with E-state index in [-0.39, 0.29) is 63.0 Å². The summed E-state index contributed by atoms with van der Waals surface area (Å²) in [5.74, 6) is 0.123. The number of aliphatic hydroxyl groups excluding tert-OH is 2. The summed E-state index contributed by atoms with van der Waals surface area (Å²) in [6.45, 7) is 3.90. The molecule has 4 unspecified atom stereocenters. The highest BCUT2D eigenvalue weighted by atomic mass is 16.5. The molecule has 2 N–H and O–H groups in total. The quantitative estimate of drug-likeness (QED) is 0.488. The lowest BCUT2D eigenvalue weighted by Crippen LogP contribution is -2.29. The number of allylic oxidation sites excluding steroid dienone is 3. The van der Waals surface area contributed by atoms with Crippen molar-refractivity contribution < 1.29 is 29.3 Å². The SMILES string of the molecule is CC1C=CC(CC(=O)OCCO)C(C=CCC(=O)OCCO)C1C. The van der Waals surface area contributed by atoms with Gasteiger partial charge in [0.25, 0.3) is 0 Å². The number of rotatable bonds is 9. The standard InChI is InChI=1S/C18H28O6/c1-13-6-7-15(12-18(22)24-11-9-20)16(14(13)2)4-3-5-17(21)23-10-8-19/h3-4,6-7,13-16,19-20H,5,8-12H2,1-2H3. The Morgan fingerprint density at radius 1 is 1.04 bits per heavy atom. The number of carbonyl (C=O) groups excluding carboxylic acids is 2. The van der Waals surface area contributed by atoms with Crippen molar-refractivity contribution in [3.8, 4) is 0 Å².